The summed E-state index contributed by atoms with van der Waals surface area (Å²) in [6.45, 7) is 2.24. The molecule has 164 valence electrons. The highest BCUT2D eigenvalue weighted by atomic mass is 16.8. The van der Waals surface area contributed by atoms with Gasteiger partial charge >= 0.3 is 5.97 Å². The summed E-state index contributed by atoms with van der Waals surface area (Å²) in [5, 5.41) is 10.4. The van der Waals surface area contributed by atoms with Gasteiger partial charge in [0.1, 0.15) is 24.4 Å². The minimum absolute atomic E-state index is 0.229. The lowest BCUT2D eigenvalue weighted by molar-refractivity contribution is -0.340. The van der Waals surface area contributed by atoms with Gasteiger partial charge in [0.05, 0.1) is 19.3 Å². The Labute approximate surface area is 179 Å². The molecular formula is C23H24O8. The Morgan fingerprint density at radius 2 is 1.48 bits per heavy atom. The van der Waals surface area contributed by atoms with Crippen molar-refractivity contribution in [2.75, 3.05) is 13.7 Å². The number of aliphatic hydroxyl groups excluding tert-OH is 1. The molecule has 7 unspecified atom stereocenters. The lowest BCUT2D eigenvalue weighted by Gasteiger charge is -2.44. The van der Waals surface area contributed by atoms with Gasteiger partial charge in [0.25, 0.3) is 0 Å². The van der Waals surface area contributed by atoms with E-state index in [4.69, 9.17) is 28.4 Å². The Balaban J connectivity index is 1.33. The summed E-state index contributed by atoms with van der Waals surface area (Å²) in [7, 11) is 1.34. The van der Waals surface area contributed by atoms with E-state index in [1.54, 1.807) is 24.3 Å². The molecule has 0 bridgehead atoms. The number of hydrogen-bond acceptors (Lipinski definition) is 8. The van der Waals surface area contributed by atoms with Gasteiger partial charge in [0.15, 0.2) is 18.9 Å². The van der Waals surface area contributed by atoms with Crippen molar-refractivity contribution in [3.63, 3.8) is 0 Å². The van der Waals surface area contributed by atoms with Gasteiger partial charge in [0, 0.05) is 11.1 Å². The van der Waals surface area contributed by atoms with Gasteiger partial charge in [-0.1, -0.05) is 42.0 Å². The van der Waals surface area contributed by atoms with Gasteiger partial charge in [-0.2, -0.15) is 0 Å². The lowest BCUT2D eigenvalue weighted by atomic mass is 9.98. The number of ether oxygens (including phenoxy) is 6. The second kappa shape index (κ2) is 8.31. The topological polar surface area (TPSA) is 92.7 Å². The zero-order valence-electron chi connectivity index (χ0n) is 17.2. The number of carbonyl (C=O) groups excluding carboxylic acids is 1. The highest BCUT2D eigenvalue weighted by molar-refractivity contribution is 5.89. The molecule has 8 nitrogen and oxygen atoms in total. The van der Waals surface area contributed by atoms with E-state index in [1.165, 1.54) is 7.11 Å². The smallest absolute Gasteiger partial charge is 0.337 e. The fraction of sp³-hybridized carbons (Fsp3) is 0.435. The van der Waals surface area contributed by atoms with Crippen LogP contribution in [0, 0.1) is 6.92 Å². The molecule has 3 fully saturated rings. The number of hydrogen-bond donors (Lipinski definition) is 1. The van der Waals surface area contributed by atoms with Crippen LogP contribution in [-0.2, 0) is 28.4 Å². The van der Waals surface area contributed by atoms with Crippen LogP contribution >= 0.6 is 0 Å². The van der Waals surface area contributed by atoms with E-state index in [2.05, 4.69) is 0 Å². The Morgan fingerprint density at radius 1 is 0.871 bits per heavy atom. The van der Waals surface area contributed by atoms with Crippen LogP contribution in [0.4, 0.5) is 0 Å². The number of methoxy groups -OCH3 is 1. The summed E-state index contributed by atoms with van der Waals surface area (Å²) >= 11 is 0. The quantitative estimate of drug-likeness (QED) is 0.745. The van der Waals surface area contributed by atoms with Gasteiger partial charge in [-0.25, -0.2) is 4.79 Å². The maximum atomic E-state index is 11.7. The van der Waals surface area contributed by atoms with E-state index in [1.807, 2.05) is 31.2 Å². The molecule has 1 N–H and O–H groups in total. The predicted molar refractivity (Wildman–Crippen MR) is 106 cm³/mol. The third-order valence-electron chi connectivity index (χ3n) is 5.82. The SMILES string of the molecule is COC(=O)c1ccc(C2OCC3OC(O)C4OC(c5ccc(C)cc5)OC4C3O2)cc1. The van der Waals surface area contributed by atoms with Crippen molar-refractivity contribution in [3.8, 4) is 0 Å². The average molecular weight is 428 g/mol. The molecule has 31 heavy (non-hydrogen) atoms. The summed E-state index contributed by atoms with van der Waals surface area (Å²) in [5.41, 5.74) is 3.20. The van der Waals surface area contributed by atoms with E-state index in [9.17, 15) is 9.90 Å². The molecule has 0 saturated carbocycles. The second-order valence-electron chi connectivity index (χ2n) is 7.89. The molecular weight excluding hydrogens is 404 g/mol. The molecule has 2 aromatic rings. The molecule has 0 radical (unpaired) electrons. The summed E-state index contributed by atoms with van der Waals surface area (Å²) in [5.74, 6) is -0.409. The van der Waals surface area contributed by atoms with Crippen LogP contribution in [0.2, 0.25) is 0 Å². The van der Waals surface area contributed by atoms with Gasteiger partial charge in [-0.15, -0.1) is 0 Å². The maximum Gasteiger partial charge on any atom is 0.337 e. The fourth-order valence-electron chi connectivity index (χ4n) is 4.12. The largest absolute Gasteiger partial charge is 0.465 e. The zero-order valence-corrected chi connectivity index (χ0v) is 17.2. The first kappa shape index (κ1) is 20.6. The third-order valence-corrected chi connectivity index (χ3v) is 5.82. The van der Waals surface area contributed by atoms with Crippen LogP contribution in [0.15, 0.2) is 48.5 Å². The normalized spacial score (nSPS) is 34.6. The van der Waals surface area contributed by atoms with Crippen LogP contribution in [0.3, 0.4) is 0 Å². The van der Waals surface area contributed by atoms with Crippen molar-refractivity contribution in [1.29, 1.82) is 0 Å². The lowest BCUT2D eigenvalue weighted by Crippen LogP contribution is -2.60. The summed E-state index contributed by atoms with van der Waals surface area (Å²) < 4.78 is 34.6. The van der Waals surface area contributed by atoms with Gasteiger partial charge in [0.2, 0.25) is 0 Å². The molecule has 0 aromatic heterocycles. The van der Waals surface area contributed by atoms with Crippen molar-refractivity contribution in [3.05, 3.63) is 70.8 Å². The molecule has 5 rings (SSSR count). The van der Waals surface area contributed by atoms with E-state index >= 15 is 0 Å². The Morgan fingerprint density at radius 3 is 2.19 bits per heavy atom. The molecule has 3 aliphatic rings. The van der Waals surface area contributed by atoms with Crippen molar-refractivity contribution >= 4 is 5.97 Å². The first-order chi connectivity index (χ1) is 15.0. The van der Waals surface area contributed by atoms with E-state index in [0.717, 1.165) is 16.7 Å². The van der Waals surface area contributed by atoms with Crippen LogP contribution in [-0.4, -0.2) is 55.5 Å². The number of esters is 1. The van der Waals surface area contributed by atoms with Gasteiger partial charge in [-0.05, 0) is 19.1 Å². The first-order valence-electron chi connectivity index (χ1n) is 10.2. The maximum absolute atomic E-state index is 11.7. The summed E-state index contributed by atoms with van der Waals surface area (Å²) in [4.78, 5) is 11.7. The van der Waals surface area contributed by atoms with Gasteiger partial charge < -0.3 is 33.5 Å². The van der Waals surface area contributed by atoms with Gasteiger partial charge in [-0.3, -0.25) is 0 Å². The second-order valence-corrected chi connectivity index (χ2v) is 7.89. The highest BCUT2D eigenvalue weighted by Crippen LogP contribution is 2.42. The Bertz CT molecular complexity index is 928. The average Bonchev–Trinajstić information content (AvgIpc) is 3.25. The number of rotatable bonds is 3. The zero-order chi connectivity index (χ0) is 21.5. The molecule has 3 heterocycles. The van der Waals surface area contributed by atoms with E-state index in [-0.39, 0.29) is 6.61 Å². The molecule has 2 aromatic carbocycles. The molecule has 0 aliphatic carbocycles. The van der Waals surface area contributed by atoms with Crippen LogP contribution in [0.25, 0.3) is 0 Å². The third kappa shape index (κ3) is 3.87. The van der Waals surface area contributed by atoms with Crippen LogP contribution in [0.1, 0.15) is 39.6 Å². The molecule has 0 spiro atoms. The number of aliphatic hydroxyl groups is 1. The van der Waals surface area contributed by atoms with Crippen LogP contribution in [0.5, 0.6) is 0 Å². The number of aryl methyl sites for hydroxylation is 1. The Hall–Kier alpha value is -2.33. The monoisotopic (exact) mass is 428 g/mol. The minimum Gasteiger partial charge on any atom is -0.465 e. The van der Waals surface area contributed by atoms with E-state index < -0.39 is 49.3 Å². The molecule has 3 saturated heterocycles. The van der Waals surface area contributed by atoms with E-state index in [0.29, 0.717) is 5.56 Å². The molecule has 0 amide bonds. The molecule has 7 atom stereocenters. The predicted octanol–water partition coefficient (Wildman–Crippen LogP) is 2.40. The van der Waals surface area contributed by atoms with Crippen molar-refractivity contribution in [2.45, 2.75) is 50.2 Å². The van der Waals surface area contributed by atoms with Crippen molar-refractivity contribution in [2.24, 2.45) is 0 Å². The summed E-state index contributed by atoms with van der Waals surface area (Å²) in [6.07, 6.45) is -4.56. The number of carbonyl (C=O) groups is 1. The van der Waals surface area contributed by atoms with Crippen molar-refractivity contribution < 1.29 is 38.3 Å². The number of fused-ring (bicyclic) bond motifs is 3. The Kier molecular flexibility index (Phi) is 5.51. The highest BCUT2D eigenvalue weighted by Gasteiger charge is 2.55. The number of benzene rings is 2. The minimum atomic E-state index is -1.13. The standard InChI is InChI=1S/C23H24O8/c1-12-3-5-15(6-4-12)23-30-18-17-16(28-21(25)19(18)31-23)11-27-22(29-17)14-9-7-13(8-10-14)20(24)26-2/h3-10,16-19,21-23,25H,11H2,1-2H3. The summed E-state index contributed by atoms with van der Waals surface area (Å²) in [6, 6.07) is 14.7. The molecule has 8 heteroatoms. The first-order valence-corrected chi connectivity index (χ1v) is 10.2. The van der Waals surface area contributed by atoms with Crippen LogP contribution < -0.4 is 0 Å². The fourth-order valence-corrected chi connectivity index (χ4v) is 4.12. The molecule has 3 aliphatic heterocycles. The van der Waals surface area contributed by atoms with Crippen molar-refractivity contribution in [1.82, 2.24) is 0 Å².